The van der Waals surface area contributed by atoms with E-state index < -0.39 is 0 Å². The van der Waals surface area contributed by atoms with Crippen molar-refractivity contribution in [3.8, 4) is 0 Å². The summed E-state index contributed by atoms with van der Waals surface area (Å²) in [5, 5.41) is 2.76. The van der Waals surface area contributed by atoms with Crippen molar-refractivity contribution in [1.29, 1.82) is 0 Å². The molecule has 0 spiro atoms. The van der Waals surface area contributed by atoms with Crippen LogP contribution in [0.2, 0.25) is 0 Å². The molecule has 1 aliphatic rings. The standard InChI is InChI=1S/C14H19BrN2O3/c1-10-12(15)4-5-13(16-10)17-14(18)6-8-19-9-11-3-2-7-20-11/h4-5,11H,2-3,6-9H2,1H3,(H,16,17,18)/t11-/m0/s1. The molecule has 1 N–H and O–H groups in total. The van der Waals surface area contributed by atoms with Gasteiger partial charge in [0.15, 0.2) is 0 Å². The minimum Gasteiger partial charge on any atom is -0.378 e. The number of aryl methyl sites for hydroxylation is 1. The van der Waals surface area contributed by atoms with Crippen molar-refractivity contribution in [2.75, 3.05) is 25.1 Å². The van der Waals surface area contributed by atoms with Crippen LogP contribution in [0.4, 0.5) is 5.82 Å². The Morgan fingerprint density at radius 1 is 1.60 bits per heavy atom. The highest BCUT2D eigenvalue weighted by atomic mass is 79.9. The van der Waals surface area contributed by atoms with Crippen molar-refractivity contribution >= 4 is 27.7 Å². The summed E-state index contributed by atoms with van der Waals surface area (Å²) in [4.78, 5) is 16.0. The molecule has 1 aromatic rings. The highest BCUT2D eigenvalue weighted by molar-refractivity contribution is 9.10. The number of nitrogens with one attached hydrogen (secondary N) is 1. The fourth-order valence-electron chi connectivity index (χ4n) is 1.97. The first kappa shape index (κ1) is 15.4. The summed E-state index contributed by atoms with van der Waals surface area (Å²) in [5.41, 5.74) is 0.845. The second kappa shape index (κ2) is 7.71. The Morgan fingerprint density at radius 3 is 3.15 bits per heavy atom. The van der Waals surface area contributed by atoms with Crippen LogP contribution in [0.3, 0.4) is 0 Å². The smallest absolute Gasteiger partial charge is 0.227 e. The zero-order chi connectivity index (χ0) is 14.4. The molecule has 0 radical (unpaired) electrons. The quantitative estimate of drug-likeness (QED) is 0.807. The third-order valence-electron chi connectivity index (χ3n) is 3.09. The molecule has 1 amide bonds. The molecule has 1 atom stereocenters. The number of anilines is 1. The third-order valence-corrected chi connectivity index (χ3v) is 3.93. The van der Waals surface area contributed by atoms with Gasteiger partial charge in [0.1, 0.15) is 5.82 Å². The summed E-state index contributed by atoms with van der Waals surface area (Å²) in [7, 11) is 0. The summed E-state index contributed by atoms with van der Waals surface area (Å²) in [6, 6.07) is 3.63. The topological polar surface area (TPSA) is 60.5 Å². The fraction of sp³-hybridized carbons (Fsp3) is 0.571. The minimum absolute atomic E-state index is 0.0911. The molecule has 0 aliphatic carbocycles. The fourth-order valence-corrected chi connectivity index (χ4v) is 2.20. The molecule has 110 valence electrons. The van der Waals surface area contributed by atoms with E-state index in [0.717, 1.165) is 29.6 Å². The van der Waals surface area contributed by atoms with Crippen molar-refractivity contribution in [1.82, 2.24) is 4.98 Å². The number of pyridine rings is 1. The van der Waals surface area contributed by atoms with Gasteiger partial charge in [0.05, 0.1) is 31.4 Å². The van der Waals surface area contributed by atoms with Crippen molar-refractivity contribution in [3.05, 3.63) is 22.3 Å². The van der Waals surface area contributed by atoms with E-state index in [1.165, 1.54) is 0 Å². The number of ether oxygens (including phenoxy) is 2. The number of nitrogens with zero attached hydrogens (tertiary/aromatic N) is 1. The first-order valence-corrected chi connectivity index (χ1v) is 7.57. The lowest BCUT2D eigenvalue weighted by Gasteiger charge is -2.10. The van der Waals surface area contributed by atoms with Crippen LogP contribution < -0.4 is 5.32 Å². The molecule has 20 heavy (non-hydrogen) atoms. The lowest BCUT2D eigenvalue weighted by molar-refractivity contribution is -0.117. The molecular weight excluding hydrogens is 324 g/mol. The van der Waals surface area contributed by atoms with Crippen LogP contribution in [0.15, 0.2) is 16.6 Å². The zero-order valence-corrected chi connectivity index (χ0v) is 13.1. The van der Waals surface area contributed by atoms with E-state index in [2.05, 4.69) is 26.2 Å². The van der Waals surface area contributed by atoms with Crippen LogP contribution in [0, 0.1) is 6.92 Å². The first-order valence-electron chi connectivity index (χ1n) is 6.77. The van der Waals surface area contributed by atoms with Crippen LogP contribution in [0.1, 0.15) is 25.0 Å². The van der Waals surface area contributed by atoms with Gasteiger partial charge in [0.25, 0.3) is 0 Å². The number of halogens is 1. The summed E-state index contributed by atoms with van der Waals surface area (Å²) >= 11 is 3.37. The molecular formula is C14H19BrN2O3. The van der Waals surface area contributed by atoms with Gasteiger partial charge < -0.3 is 14.8 Å². The van der Waals surface area contributed by atoms with E-state index in [1.54, 1.807) is 6.07 Å². The number of hydrogen-bond acceptors (Lipinski definition) is 4. The second-order valence-electron chi connectivity index (χ2n) is 4.77. The predicted molar refractivity (Wildman–Crippen MR) is 79.7 cm³/mol. The monoisotopic (exact) mass is 342 g/mol. The van der Waals surface area contributed by atoms with Crippen molar-refractivity contribution in [2.45, 2.75) is 32.3 Å². The van der Waals surface area contributed by atoms with Crippen molar-refractivity contribution < 1.29 is 14.3 Å². The number of hydrogen-bond donors (Lipinski definition) is 1. The van der Waals surface area contributed by atoms with E-state index in [4.69, 9.17) is 9.47 Å². The first-order chi connectivity index (χ1) is 9.65. The lowest BCUT2D eigenvalue weighted by atomic mass is 10.2. The molecule has 1 saturated heterocycles. The number of carbonyl (C=O) groups is 1. The molecule has 5 nitrogen and oxygen atoms in total. The Bertz CT molecular complexity index is 462. The third kappa shape index (κ3) is 4.85. The van der Waals surface area contributed by atoms with Gasteiger partial charge in [-0.05, 0) is 47.8 Å². The van der Waals surface area contributed by atoms with E-state index >= 15 is 0 Å². The van der Waals surface area contributed by atoms with Gasteiger partial charge in [-0.1, -0.05) is 0 Å². The van der Waals surface area contributed by atoms with Gasteiger partial charge >= 0.3 is 0 Å². The highest BCUT2D eigenvalue weighted by Gasteiger charge is 2.15. The normalized spacial score (nSPS) is 18.2. The Morgan fingerprint density at radius 2 is 2.45 bits per heavy atom. The Balaban J connectivity index is 1.65. The van der Waals surface area contributed by atoms with Gasteiger partial charge in [0.2, 0.25) is 5.91 Å². The number of rotatable bonds is 6. The lowest BCUT2D eigenvalue weighted by Crippen LogP contribution is -2.18. The highest BCUT2D eigenvalue weighted by Crippen LogP contribution is 2.16. The van der Waals surface area contributed by atoms with Crippen molar-refractivity contribution in [2.24, 2.45) is 0 Å². The summed E-state index contributed by atoms with van der Waals surface area (Å²) < 4.78 is 11.8. The van der Waals surface area contributed by atoms with Crippen molar-refractivity contribution in [3.63, 3.8) is 0 Å². The Hall–Kier alpha value is -0.980. The van der Waals surface area contributed by atoms with Crippen LogP contribution in [-0.4, -0.2) is 36.8 Å². The van der Waals surface area contributed by atoms with E-state index in [9.17, 15) is 4.79 Å². The van der Waals surface area contributed by atoms with Crippen LogP contribution in [-0.2, 0) is 14.3 Å². The maximum Gasteiger partial charge on any atom is 0.227 e. The summed E-state index contributed by atoms with van der Waals surface area (Å²) in [6.45, 7) is 3.68. The van der Waals surface area contributed by atoms with E-state index in [0.29, 0.717) is 25.5 Å². The van der Waals surface area contributed by atoms with E-state index in [1.807, 2.05) is 13.0 Å². The molecule has 2 heterocycles. The minimum atomic E-state index is -0.0911. The zero-order valence-electron chi connectivity index (χ0n) is 11.5. The molecule has 6 heteroatoms. The van der Waals surface area contributed by atoms with Gasteiger partial charge in [-0.2, -0.15) is 0 Å². The molecule has 1 aliphatic heterocycles. The molecule has 0 saturated carbocycles. The van der Waals surface area contributed by atoms with Gasteiger partial charge in [0, 0.05) is 11.1 Å². The van der Waals surface area contributed by atoms with Gasteiger partial charge in [-0.3, -0.25) is 4.79 Å². The second-order valence-corrected chi connectivity index (χ2v) is 5.63. The number of aromatic nitrogens is 1. The van der Waals surface area contributed by atoms with Gasteiger partial charge in [-0.25, -0.2) is 4.98 Å². The molecule has 0 aromatic carbocycles. The predicted octanol–water partition coefficient (Wildman–Crippen LogP) is 2.68. The van der Waals surface area contributed by atoms with Crippen LogP contribution >= 0.6 is 15.9 Å². The average Bonchev–Trinajstić information content (AvgIpc) is 2.92. The van der Waals surface area contributed by atoms with Gasteiger partial charge in [-0.15, -0.1) is 0 Å². The molecule has 1 fully saturated rings. The molecule has 2 rings (SSSR count). The molecule has 0 unspecified atom stereocenters. The van der Waals surface area contributed by atoms with E-state index in [-0.39, 0.29) is 12.0 Å². The average molecular weight is 343 g/mol. The SMILES string of the molecule is Cc1nc(NC(=O)CCOC[C@@H]2CCCO2)ccc1Br. The Labute approximate surface area is 127 Å². The van der Waals surface area contributed by atoms with Crippen LogP contribution in [0.5, 0.6) is 0 Å². The molecule has 1 aromatic heterocycles. The number of carbonyl (C=O) groups excluding carboxylic acids is 1. The maximum atomic E-state index is 11.7. The number of amides is 1. The maximum absolute atomic E-state index is 11.7. The summed E-state index contributed by atoms with van der Waals surface area (Å²) in [5.74, 6) is 0.474. The molecule has 0 bridgehead atoms. The van der Waals surface area contributed by atoms with Crippen LogP contribution in [0.25, 0.3) is 0 Å². The summed E-state index contributed by atoms with van der Waals surface area (Å²) in [6.07, 6.45) is 2.68. The Kier molecular flexibility index (Phi) is 5.94. The largest absolute Gasteiger partial charge is 0.378 e.